The molecule has 1 fully saturated rings. The lowest BCUT2D eigenvalue weighted by Gasteiger charge is -2.29. The molecule has 27 heavy (non-hydrogen) atoms. The van der Waals surface area contributed by atoms with Crippen molar-refractivity contribution in [2.24, 2.45) is 5.41 Å². The van der Waals surface area contributed by atoms with Crippen LogP contribution in [0.15, 0.2) is 12.1 Å². The van der Waals surface area contributed by atoms with Gasteiger partial charge in [-0.3, -0.25) is 4.79 Å². The predicted molar refractivity (Wildman–Crippen MR) is 108 cm³/mol. The summed E-state index contributed by atoms with van der Waals surface area (Å²) in [6, 6.07) is 4.30. The van der Waals surface area contributed by atoms with Crippen LogP contribution in [0.25, 0.3) is 11.2 Å². The standard InChI is InChI=1S/C22H33N3O2/c1-21(2,3)18(26)11-6-7-12-19-23-16-13-14-17(22(4,5)27)24-20(16)25(19)15-9-8-10-15/h13-15,27H,6-12H2,1-5H3. The molecule has 0 spiro atoms. The summed E-state index contributed by atoms with van der Waals surface area (Å²) in [5.74, 6) is 1.39. The maximum atomic E-state index is 12.1. The largest absolute Gasteiger partial charge is 0.384 e. The molecule has 0 aliphatic heterocycles. The molecular weight excluding hydrogens is 338 g/mol. The minimum Gasteiger partial charge on any atom is -0.384 e. The number of Topliss-reactive ketones (excluding diaryl/α,β-unsaturated/α-hetero) is 1. The number of aliphatic hydroxyl groups is 1. The van der Waals surface area contributed by atoms with Crippen LogP contribution in [0.5, 0.6) is 0 Å². The fraction of sp³-hybridized carbons (Fsp3) is 0.682. The maximum Gasteiger partial charge on any atom is 0.160 e. The van der Waals surface area contributed by atoms with Gasteiger partial charge in [-0.1, -0.05) is 20.8 Å². The van der Waals surface area contributed by atoms with Crippen molar-refractivity contribution in [3.8, 4) is 0 Å². The number of fused-ring (bicyclic) bond motifs is 1. The number of hydrogen-bond donors (Lipinski definition) is 1. The van der Waals surface area contributed by atoms with Crippen LogP contribution in [-0.4, -0.2) is 25.4 Å². The number of aryl methyl sites for hydroxylation is 1. The minimum atomic E-state index is -0.962. The Kier molecular flexibility index (Phi) is 5.44. The van der Waals surface area contributed by atoms with E-state index in [0.717, 1.165) is 49.1 Å². The number of unbranched alkanes of at least 4 members (excludes halogenated alkanes) is 1. The molecule has 148 valence electrons. The monoisotopic (exact) mass is 371 g/mol. The third kappa shape index (κ3) is 4.40. The van der Waals surface area contributed by atoms with Crippen molar-refractivity contribution >= 4 is 16.9 Å². The SMILES string of the molecule is CC(C)(C)C(=O)CCCCc1nc2ccc(C(C)(C)O)nc2n1C1CCC1. The molecule has 1 aliphatic rings. The molecule has 0 bridgehead atoms. The third-order valence-electron chi connectivity index (χ3n) is 5.57. The summed E-state index contributed by atoms with van der Waals surface area (Å²) in [5, 5.41) is 10.3. The fourth-order valence-electron chi connectivity index (χ4n) is 3.51. The van der Waals surface area contributed by atoms with E-state index in [4.69, 9.17) is 9.97 Å². The molecule has 3 rings (SSSR count). The molecule has 0 radical (unpaired) electrons. The summed E-state index contributed by atoms with van der Waals surface area (Å²) in [4.78, 5) is 21.7. The van der Waals surface area contributed by atoms with Gasteiger partial charge in [-0.25, -0.2) is 9.97 Å². The van der Waals surface area contributed by atoms with Crippen LogP contribution < -0.4 is 0 Å². The summed E-state index contributed by atoms with van der Waals surface area (Å²) >= 11 is 0. The molecule has 5 heteroatoms. The van der Waals surface area contributed by atoms with Crippen molar-refractivity contribution < 1.29 is 9.90 Å². The highest BCUT2D eigenvalue weighted by atomic mass is 16.3. The van der Waals surface area contributed by atoms with Crippen LogP contribution in [0, 0.1) is 5.41 Å². The van der Waals surface area contributed by atoms with Crippen molar-refractivity contribution in [1.82, 2.24) is 14.5 Å². The van der Waals surface area contributed by atoms with Gasteiger partial charge in [0.05, 0.1) is 5.69 Å². The molecule has 0 atom stereocenters. The van der Waals surface area contributed by atoms with Crippen LogP contribution in [0.1, 0.15) is 90.7 Å². The molecule has 2 heterocycles. The van der Waals surface area contributed by atoms with Gasteiger partial charge < -0.3 is 9.67 Å². The van der Waals surface area contributed by atoms with Crippen molar-refractivity contribution in [2.75, 3.05) is 0 Å². The van der Waals surface area contributed by atoms with Crippen molar-refractivity contribution in [3.63, 3.8) is 0 Å². The number of ketones is 1. The number of imidazole rings is 1. The molecule has 1 saturated carbocycles. The fourth-order valence-corrected chi connectivity index (χ4v) is 3.51. The van der Waals surface area contributed by atoms with Gasteiger partial charge in [0.15, 0.2) is 5.65 Å². The highest BCUT2D eigenvalue weighted by Crippen LogP contribution is 2.36. The Morgan fingerprint density at radius 1 is 1.15 bits per heavy atom. The number of hydrogen-bond acceptors (Lipinski definition) is 4. The first-order chi connectivity index (χ1) is 12.6. The van der Waals surface area contributed by atoms with Crippen LogP contribution in [0.4, 0.5) is 0 Å². The van der Waals surface area contributed by atoms with E-state index in [2.05, 4.69) is 4.57 Å². The Morgan fingerprint density at radius 3 is 2.41 bits per heavy atom. The molecule has 5 nitrogen and oxygen atoms in total. The second kappa shape index (κ2) is 7.34. The number of rotatable bonds is 7. The second-order valence-corrected chi connectivity index (χ2v) is 9.46. The smallest absolute Gasteiger partial charge is 0.160 e. The Hall–Kier alpha value is -1.75. The highest BCUT2D eigenvalue weighted by molar-refractivity contribution is 5.83. The first kappa shape index (κ1) is 20.0. The highest BCUT2D eigenvalue weighted by Gasteiger charge is 2.27. The summed E-state index contributed by atoms with van der Waals surface area (Å²) < 4.78 is 2.29. The summed E-state index contributed by atoms with van der Waals surface area (Å²) in [7, 11) is 0. The zero-order valence-electron chi connectivity index (χ0n) is 17.4. The van der Waals surface area contributed by atoms with E-state index in [1.165, 1.54) is 6.42 Å². The quantitative estimate of drug-likeness (QED) is 0.716. The zero-order valence-corrected chi connectivity index (χ0v) is 17.4. The van der Waals surface area contributed by atoms with Crippen LogP contribution in [0.2, 0.25) is 0 Å². The van der Waals surface area contributed by atoms with E-state index >= 15 is 0 Å². The number of aromatic nitrogens is 3. The van der Waals surface area contributed by atoms with Gasteiger partial charge in [-0.05, 0) is 58.1 Å². The molecular formula is C22H33N3O2. The average Bonchev–Trinajstić information content (AvgIpc) is 2.85. The van der Waals surface area contributed by atoms with Gasteiger partial charge >= 0.3 is 0 Å². The topological polar surface area (TPSA) is 68.0 Å². The van der Waals surface area contributed by atoms with Crippen LogP contribution >= 0.6 is 0 Å². The summed E-state index contributed by atoms with van der Waals surface area (Å²) in [6.45, 7) is 9.47. The molecule has 0 saturated heterocycles. The van der Waals surface area contributed by atoms with Crippen LogP contribution in [0.3, 0.4) is 0 Å². The lowest BCUT2D eigenvalue weighted by atomic mass is 9.88. The predicted octanol–water partition coefficient (Wildman–Crippen LogP) is 4.71. The Labute approximate surface area is 162 Å². The lowest BCUT2D eigenvalue weighted by molar-refractivity contribution is -0.126. The van der Waals surface area contributed by atoms with Crippen molar-refractivity contribution in [1.29, 1.82) is 0 Å². The number of pyridine rings is 1. The molecule has 0 unspecified atom stereocenters. The second-order valence-electron chi connectivity index (χ2n) is 9.46. The van der Waals surface area contributed by atoms with E-state index in [1.807, 2.05) is 32.9 Å². The summed E-state index contributed by atoms with van der Waals surface area (Å²) in [5.41, 5.74) is 1.25. The molecule has 1 aliphatic carbocycles. The van der Waals surface area contributed by atoms with Gasteiger partial charge in [0.2, 0.25) is 0 Å². The Morgan fingerprint density at radius 2 is 1.85 bits per heavy atom. The van der Waals surface area contributed by atoms with E-state index in [9.17, 15) is 9.90 Å². The minimum absolute atomic E-state index is 0.253. The summed E-state index contributed by atoms with van der Waals surface area (Å²) in [6.07, 6.45) is 6.92. The van der Waals surface area contributed by atoms with Crippen LogP contribution in [-0.2, 0) is 16.8 Å². The van der Waals surface area contributed by atoms with Gasteiger partial charge in [-0.2, -0.15) is 0 Å². The number of carbonyl (C=O) groups is 1. The van der Waals surface area contributed by atoms with Gasteiger partial charge in [0, 0.05) is 24.3 Å². The van der Waals surface area contributed by atoms with Gasteiger partial charge in [0.1, 0.15) is 22.7 Å². The van der Waals surface area contributed by atoms with Crippen molar-refractivity contribution in [2.45, 2.75) is 91.2 Å². The zero-order chi connectivity index (χ0) is 19.8. The molecule has 0 aromatic carbocycles. The van der Waals surface area contributed by atoms with E-state index in [-0.39, 0.29) is 5.41 Å². The lowest BCUT2D eigenvalue weighted by Crippen LogP contribution is -2.21. The molecule has 2 aromatic heterocycles. The normalized spacial score (nSPS) is 15.9. The van der Waals surface area contributed by atoms with E-state index in [1.54, 1.807) is 13.8 Å². The average molecular weight is 372 g/mol. The number of nitrogens with zero attached hydrogens (tertiary/aromatic N) is 3. The molecule has 2 aromatic rings. The molecule has 1 N–H and O–H groups in total. The van der Waals surface area contributed by atoms with Crippen molar-refractivity contribution in [3.05, 3.63) is 23.7 Å². The maximum absolute atomic E-state index is 12.1. The Bertz CT molecular complexity index is 820. The van der Waals surface area contributed by atoms with Gasteiger partial charge in [0.25, 0.3) is 0 Å². The molecule has 0 amide bonds. The van der Waals surface area contributed by atoms with E-state index in [0.29, 0.717) is 23.9 Å². The van der Waals surface area contributed by atoms with Gasteiger partial charge in [-0.15, -0.1) is 0 Å². The third-order valence-corrected chi connectivity index (χ3v) is 5.57. The Balaban J connectivity index is 1.79. The first-order valence-corrected chi connectivity index (χ1v) is 10.2. The van der Waals surface area contributed by atoms with E-state index < -0.39 is 5.60 Å². The first-order valence-electron chi connectivity index (χ1n) is 10.2. The number of carbonyl (C=O) groups excluding carboxylic acids is 1.